The summed E-state index contributed by atoms with van der Waals surface area (Å²) in [5.74, 6) is 0. The Hall–Kier alpha value is -0.755. The normalized spacial score (nSPS) is 13.0. The van der Waals surface area contributed by atoms with Crippen molar-refractivity contribution in [3.8, 4) is 0 Å². The predicted molar refractivity (Wildman–Crippen MR) is 44.4 cm³/mol. The lowest BCUT2D eigenvalue weighted by Gasteiger charge is -2.04. The van der Waals surface area contributed by atoms with Crippen molar-refractivity contribution in [1.29, 1.82) is 0 Å². The van der Waals surface area contributed by atoms with Gasteiger partial charge in [0, 0.05) is 6.04 Å². The molecule has 0 aromatic heterocycles. The summed E-state index contributed by atoms with van der Waals surface area (Å²) in [6.45, 7) is 1.95. The van der Waals surface area contributed by atoms with Gasteiger partial charge < -0.3 is 5.73 Å². The minimum absolute atomic E-state index is 0.0978. The first-order valence-electron chi connectivity index (χ1n) is 3.31. The Labute approximate surface area is 62.7 Å². The molecule has 10 heavy (non-hydrogen) atoms. The molecule has 50 valence electrons. The molecule has 0 fully saturated rings. The van der Waals surface area contributed by atoms with Crippen molar-refractivity contribution >= 4 is 13.3 Å². The van der Waals surface area contributed by atoms with Gasteiger partial charge in [-0.15, -0.1) is 0 Å². The zero-order valence-corrected chi connectivity index (χ0v) is 6.04. The van der Waals surface area contributed by atoms with E-state index in [4.69, 9.17) is 13.6 Å². The predicted octanol–water partition coefficient (Wildman–Crippen LogP) is 0.500. The van der Waals surface area contributed by atoms with Crippen LogP contribution in [0, 0.1) is 0 Å². The summed E-state index contributed by atoms with van der Waals surface area (Å²) >= 11 is 0. The maximum atomic E-state index is 5.62. The Bertz CT molecular complexity index is 203. The number of hydrogen-bond acceptors (Lipinski definition) is 1. The topological polar surface area (TPSA) is 26.0 Å². The van der Waals surface area contributed by atoms with E-state index in [0.717, 1.165) is 11.0 Å². The summed E-state index contributed by atoms with van der Waals surface area (Å²) in [6, 6.07) is 7.71. The van der Waals surface area contributed by atoms with Crippen molar-refractivity contribution < 1.29 is 0 Å². The molecular formula is C8H10BN. The van der Waals surface area contributed by atoms with Crippen molar-refractivity contribution in [3.05, 3.63) is 29.8 Å². The molecule has 1 rings (SSSR count). The monoisotopic (exact) mass is 131 g/mol. The van der Waals surface area contributed by atoms with E-state index in [2.05, 4.69) is 0 Å². The fraction of sp³-hybridized carbons (Fsp3) is 0.250. The fourth-order valence-electron chi connectivity index (χ4n) is 0.800. The van der Waals surface area contributed by atoms with Gasteiger partial charge in [0.05, 0.1) is 0 Å². The Morgan fingerprint density at radius 3 is 2.20 bits per heavy atom. The lowest BCUT2D eigenvalue weighted by Crippen LogP contribution is -2.07. The number of hydrogen-bond donors (Lipinski definition) is 1. The Morgan fingerprint density at radius 1 is 1.30 bits per heavy atom. The third-order valence-electron chi connectivity index (χ3n) is 1.46. The van der Waals surface area contributed by atoms with Gasteiger partial charge in [-0.3, -0.25) is 0 Å². The van der Waals surface area contributed by atoms with Gasteiger partial charge in [-0.05, 0) is 12.5 Å². The van der Waals surface area contributed by atoms with Crippen LogP contribution in [0.15, 0.2) is 24.3 Å². The highest BCUT2D eigenvalue weighted by molar-refractivity contribution is 6.32. The number of rotatable bonds is 1. The molecule has 1 nitrogen and oxygen atoms in total. The van der Waals surface area contributed by atoms with Gasteiger partial charge in [0.15, 0.2) is 0 Å². The Morgan fingerprint density at radius 2 is 1.80 bits per heavy atom. The molecule has 2 radical (unpaired) electrons. The average Bonchev–Trinajstić information content (AvgIpc) is 1.88. The van der Waals surface area contributed by atoms with Crippen LogP contribution in [0.3, 0.4) is 0 Å². The lowest BCUT2D eigenvalue weighted by atomic mass is 9.94. The third kappa shape index (κ3) is 1.61. The van der Waals surface area contributed by atoms with Crippen molar-refractivity contribution in [2.75, 3.05) is 0 Å². The molecule has 0 spiro atoms. The van der Waals surface area contributed by atoms with Crippen molar-refractivity contribution in [2.45, 2.75) is 13.0 Å². The van der Waals surface area contributed by atoms with Crippen molar-refractivity contribution in [2.24, 2.45) is 5.73 Å². The maximum Gasteiger partial charge on any atom is 0.113 e. The highest BCUT2D eigenvalue weighted by atomic mass is 14.6. The molecule has 0 bridgehead atoms. The molecule has 0 aliphatic heterocycles. The van der Waals surface area contributed by atoms with Crippen LogP contribution >= 0.6 is 0 Å². The van der Waals surface area contributed by atoms with Crippen LogP contribution in [0.4, 0.5) is 0 Å². The summed E-state index contributed by atoms with van der Waals surface area (Å²) in [6.07, 6.45) is 0. The van der Waals surface area contributed by atoms with Gasteiger partial charge in [0.25, 0.3) is 0 Å². The second-order valence-electron chi connectivity index (χ2n) is 2.46. The van der Waals surface area contributed by atoms with Gasteiger partial charge in [0.1, 0.15) is 7.85 Å². The highest BCUT2D eigenvalue weighted by Crippen LogP contribution is 2.05. The molecule has 0 aliphatic rings. The van der Waals surface area contributed by atoms with Crippen LogP contribution in [0.25, 0.3) is 0 Å². The van der Waals surface area contributed by atoms with Gasteiger partial charge in [-0.1, -0.05) is 29.7 Å². The highest BCUT2D eigenvalue weighted by Gasteiger charge is 1.95. The minimum Gasteiger partial charge on any atom is -0.324 e. The molecule has 0 heterocycles. The van der Waals surface area contributed by atoms with E-state index in [1.54, 1.807) is 0 Å². The van der Waals surface area contributed by atoms with Gasteiger partial charge in [-0.2, -0.15) is 0 Å². The van der Waals surface area contributed by atoms with Gasteiger partial charge in [0.2, 0.25) is 0 Å². The minimum atomic E-state index is 0.0978. The van der Waals surface area contributed by atoms with Crippen LogP contribution in [0.2, 0.25) is 0 Å². The fourth-order valence-corrected chi connectivity index (χ4v) is 0.800. The lowest BCUT2D eigenvalue weighted by molar-refractivity contribution is 0.819. The van der Waals surface area contributed by atoms with Gasteiger partial charge in [-0.25, -0.2) is 0 Å². The summed E-state index contributed by atoms with van der Waals surface area (Å²) < 4.78 is 0. The molecule has 1 aromatic carbocycles. The van der Waals surface area contributed by atoms with E-state index in [1.807, 2.05) is 31.2 Å². The quantitative estimate of drug-likeness (QED) is 0.551. The summed E-state index contributed by atoms with van der Waals surface area (Å²) in [5, 5.41) is 0. The van der Waals surface area contributed by atoms with E-state index in [9.17, 15) is 0 Å². The van der Waals surface area contributed by atoms with Crippen LogP contribution in [-0.2, 0) is 0 Å². The zero-order chi connectivity index (χ0) is 7.56. The smallest absolute Gasteiger partial charge is 0.113 e. The molecule has 0 saturated heterocycles. The third-order valence-corrected chi connectivity index (χ3v) is 1.46. The molecule has 0 aliphatic carbocycles. The zero-order valence-electron chi connectivity index (χ0n) is 6.04. The van der Waals surface area contributed by atoms with Crippen molar-refractivity contribution in [3.63, 3.8) is 0 Å². The number of nitrogens with two attached hydrogens (primary N) is 1. The van der Waals surface area contributed by atoms with E-state index in [1.165, 1.54) is 0 Å². The summed E-state index contributed by atoms with van der Waals surface area (Å²) in [4.78, 5) is 0. The first-order chi connectivity index (χ1) is 4.70. The van der Waals surface area contributed by atoms with Crippen LogP contribution < -0.4 is 11.2 Å². The molecule has 0 saturated carbocycles. The largest absolute Gasteiger partial charge is 0.324 e. The molecule has 0 unspecified atom stereocenters. The van der Waals surface area contributed by atoms with E-state index in [0.29, 0.717) is 0 Å². The Kier molecular flexibility index (Phi) is 2.12. The van der Waals surface area contributed by atoms with E-state index >= 15 is 0 Å². The van der Waals surface area contributed by atoms with Crippen LogP contribution in [0.5, 0.6) is 0 Å². The molecule has 1 aromatic rings. The second kappa shape index (κ2) is 2.89. The van der Waals surface area contributed by atoms with Gasteiger partial charge >= 0.3 is 0 Å². The first-order valence-corrected chi connectivity index (χ1v) is 3.31. The first kappa shape index (κ1) is 7.35. The summed E-state index contributed by atoms with van der Waals surface area (Å²) in [5.41, 5.74) is 7.52. The van der Waals surface area contributed by atoms with Crippen LogP contribution in [-0.4, -0.2) is 7.85 Å². The maximum absolute atomic E-state index is 5.62. The number of benzene rings is 1. The molecule has 2 heteroatoms. The Balaban J connectivity index is 2.89. The van der Waals surface area contributed by atoms with E-state index in [-0.39, 0.29) is 6.04 Å². The molecule has 1 atom stereocenters. The molecule has 2 N–H and O–H groups in total. The molecular weight excluding hydrogens is 121 g/mol. The standard InChI is InChI=1S/C8H10BN/c1-6(10)7-2-4-8(9)5-3-7/h2-6H,10H2,1H3/t6-/m0/s1. The van der Waals surface area contributed by atoms with E-state index < -0.39 is 0 Å². The second-order valence-corrected chi connectivity index (χ2v) is 2.46. The average molecular weight is 131 g/mol. The van der Waals surface area contributed by atoms with Crippen LogP contribution in [0.1, 0.15) is 18.5 Å². The molecule has 0 amide bonds. The van der Waals surface area contributed by atoms with Crippen molar-refractivity contribution in [1.82, 2.24) is 0 Å². The SMILES string of the molecule is [B]c1ccc([C@H](C)N)cc1. The summed E-state index contributed by atoms with van der Waals surface area (Å²) in [7, 11) is 5.49.